The lowest BCUT2D eigenvalue weighted by atomic mass is 10.2. The van der Waals surface area contributed by atoms with Crippen LogP contribution in [0.1, 0.15) is 17.8 Å². The van der Waals surface area contributed by atoms with E-state index in [9.17, 15) is 0 Å². The van der Waals surface area contributed by atoms with Gasteiger partial charge in [-0.15, -0.1) is 0 Å². The van der Waals surface area contributed by atoms with Crippen molar-refractivity contribution >= 4 is 0 Å². The summed E-state index contributed by atoms with van der Waals surface area (Å²) < 4.78 is 5.40. The lowest BCUT2D eigenvalue weighted by Crippen LogP contribution is -2.11. The maximum Gasteiger partial charge on any atom is 0.144 e. The minimum atomic E-state index is 0.818. The Kier molecular flexibility index (Phi) is 1.49. The molecule has 2 heterocycles. The average molecular weight is 150 g/mol. The maximum absolute atomic E-state index is 5.40. The van der Waals surface area contributed by atoms with Crippen molar-refractivity contribution in [1.29, 1.82) is 0 Å². The molecule has 0 saturated carbocycles. The summed E-state index contributed by atoms with van der Waals surface area (Å²) in [7, 11) is 0. The van der Waals surface area contributed by atoms with Gasteiger partial charge in [0.05, 0.1) is 12.3 Å². The zero-order valence-electron chi connectivity index (χ0n) is 6.50. The first-order valence-corrected chi connectivity index (χ1v) is 3.82. The van der Waals surface area contributed by atoms with Crippen LogP contribution in [0.3, 0.4) is 0 Å². The molecule has 0 radical (unpaired) electrons. The summed E-state index contributed by atoms with van der Waals surface area (Å²) in [5.74, 6) is 0.920. The molecule has 0 atom stereocenters. The molecule has 1 aliphatic heterocycles. The van der Waals surface area contributed by atoms with Crippen molar-refractivity contribution in [2.75, 3.05) is 6.61 Å². The Bertz CT molecular complexity index is 273. The van der Waals surface area contributed by atoms with Gasteiger partial charge in [-0.2, -0.15) is 10.2 Å². The Labute approximate surface area is 65.4 Å². The molecule has 0 bridgehead atoms. The van der Waals surface area contributed by atoms with Crippen molar-refractivity contribution < 1.29 is 4.74 Å². The topological polar surface area (TPSA) is 35.0 Å². The zero-order valence-corrected chi connectivity index (χ0v) is 6.50. The summed E-state index contributed by atoms with van der Waals surface area (Å²) in [5.41, 5.74) is 1.92. The fraction of sp³-hybridized carbons (Fsp3) is 0.500. The monoisotopic (exact) mass is 150 g/mol. The van der Waals surface area contributed by atoms with Crippen LogP contribution in [-0.2, 0) is 6.42 Å². The summed E-state index contributed by atoms with van der Waals surface area (Å²) in [4.78, 5) is 0. The first kappa shape index (κ1) is 6.58. The minimum Gasteiger partial charge on any atom is -0.492 e. The number of nitrogens with zero attached hydrogens (tertiary/aromatic N) is 2. The van der Waals surface area contributed by atoms with E-state index in [0.717, 1.165) is 36.6 Å². The van der Waals surface area contributed by atoms with Crippen LogP contribution in [0.2, 0.25) is 0 Å². The van der Waals surface area contributed by atoms with Gasteiger partial charge in [0.2, 0.25) is 0 Å². The molecular weight excluding hydrogens is 140 g/mol. The Morgan fingerprint density at radius 2 is 2.36 bits per heavy atom. The van der Waals surface area contributed by atoms with Crippen molar-refractivity contribution in [2.45, 2.75) is 19.8 Å². The molecule has 0 spiro atoms. The standard InChI is InChI=1S/C8H10N2O/c1-6-5-8-7(10-9-6)3-2-4-11-8/h5H,2-4H2,1H3. The number of hydrogen-bond acceptors (Lipinski definition) is 3. The third-order valence-corrected chi connectivity index (χ3v) is 1.77. The van der Waals surface area contributed by atoms with E-state index in [1.807, 2.05) is 13.0 Å². The lowest BCUT2D eigenvalue weighted by molar-refractivity contribution is 0.283. The second kappa shape index (κ2) is 2.49. The summed E-state index contributed by atoms with van der Waals surface area (Å²) in [6, 6.07) is 1.95. The second-order valence-corrected chi connectivity index (χ2v) is 2.75. The second-order valence-electron chi connectivity index (χ2n) is 2.75. The van der Waals surface area contributed by atoms with E-state index in [-0.39, 0.29) is 0 Å². The highest BCUT2D eigenvalue weighted by molar-refractivity contribution is 5.29. The predicted molar refractivity (Wildman–Crippen MR) is 40.6 cm³/mol. The number of fused-ring (bicyclic) bond motifs is 1. The van der Waals surface area contributed by atoms with Gasteiger partial charge < -0.3 is 4.74 Å². The molecule has 1 aromatic heterocycles. The molecule has 58 valence electrons. The van der Waals surface area contributed by atoms with Crippen LogP contribution >= 0.6 is 0 Å². The Hall–Kier alpha value is -1.12. The number of aromatic nitrogens is 2. The molecule has 3 nitrogen and oxygen atoms in total. The van der Waals surface area contributed by atoms with Crippen LogP contribution < -0.4 is 4.74 Å². The summed E-state index contributed by atoms with van der Waals surface area (Å²) >= 11 is 0. The maximum atomic E-state index is 5.40. The van der Waals surface area contributed by atoms with Crippen molar-refractivity contribution in [1.82, 2.24) is 10.2 Å². The van der Waals surface area contributed by atoms with E-state index in [2.05, 4.69) is 10.2 Å². The van der Waals surface area contributed by atoms with E-state index in [0.29, 0.717) is 0 Å². The zero-order chi connectivity index (χ0) is 7.68. The molecular formula is C8H10N2O. The smallest absolute Gasteiger partial charge is 0.144 e. The molecule has 3 heteroatoms. The van der Waals surface area contributed by atoms with Crippen molar-refractivity contribution in [3.05, 3.63) is 17.5 Å². The van der Waals surface area contributed by atoms with Crippen molar-refractivity contribution in [3.8, 4) is 5.75 Å². The van der Waals surface area contributed by atoms with E-state index in [1.165, 1.54) is 0 Å². The van der Waals surface area contributed by atoms with Gasteiger partial charge in [0.25, 0.3) is 0 Å². The van der Waals surface area contributed by atoms with Gasteiger partial charge in [0.15, 0.2) is 0 Å². The normalized spacial score (nSPS) is 15.4. The quantitative estimate of drug-likeness (QED) is 0.555. The van der Waals surface area contributed by atoms with E-state index in [1.54, 1.807) is 0 Å². The van der Waals surface area contributed by atoms with Crippen LogP contribution in [0.25, 0.3) is 0 Å². The molecule has 0 aromatic carbocycles. The molecule has 11 heavy (non-hydrogen) atoms. The number of aryl methyl sites for hydroxylation is 2. The fourth-order valence-corrected chi connectivity index (χ4v) is 1.21. The molecule has 1 aromatic rings. The SMILES string of the molecule is Cc1cc2c(nn1)CCCO2. The summed E-state index contributed by atoms with van der Waals surface area (Å²) in [6.45, 7) is 2.74. The first-order chi connectivity index (χ1) is 5.36. The van der Waals surface area contributed by atoms with Crippen LogP contribution in [0.5, 0.6) is 5.75 Å². The molecule has 2 rings (SSSR count). The number of hydrogen-bond donors (Lipinski definition) is 0. The van der Waals surface area contributed by atoms with Gasteiger partial charge in [-0.1, -0.05) is 0 Å². The van der Waals surface area contributed by atoms with Gasteiger partial charge in [-0.3, -0.25) is 0 Å². The first-order valence-electron chi connectivity index (χ1n) is 3.82. The minimum absolute atomic E-state index is 0.818. The predicted octanol–water partition coefficient (Wildman–Crippen LogP) is 1.11. The van der Waals surface area contributed by atoms with E-state index in [4.69, 9.17) is 4.74 Å². The van der Waals surface area contributed by atoms with Crippen molar-refractivity contribution in [3.63, 3.8) is 0 Å². The largest absolute Gasteiger partial charge is 0.492 e. The number of ether oxygens (including phenoxy) is 1. The van der Waals surface area contributed by atoms with Gasteiger partial charge in [0.1, 0.15) is 11.4 Å². The van der Waals surface area contributed by atoms with Crippen molar-refractivity contribution in [2.24, 2.45) is 0 Å². The van der Waals surface area contributed by atoms with Crippen LogP contribution in [-0.4, -0.2) is 16.8 Å². The van der Waals surface area contributed by atoms with Crippen LogP contribution in [0, 0.1) is 6.92 Å². The highest BCUT2D eigenvalue weighted by Crippen LogP contribution is 2.21. The Morgan fingerprint density at radius 1 is 1.45 bits per heavy atom. The molecule has 0 unspecified atom stereocenters. The fourth-order valence-electron chi connectivity index (χ4n) is 1.21. The van der Waals surface area contributed by atoms with Gasteiger partial charge >= 0.3 is 0 Å². The molecule has 0 saturated heterocycles. The van der Waals surface area contributed by atoms with Crippen LogP contribution in [0.4, 0.5) is 0 Å². The highest BCUT2D eigenvalue weighted by atomic mass is 16.5. The van der Waals surface area contributed by atoms with Gasteiger partial charge in [-0.05, 0) is 19.8 Å². The Morgan fingerprint density at radius 3 is 3.27 bits per heavy atom. The highest BCUT2D eigenvalue weighted by Gasteiger charge is 2.11. The molecule has 1 aliphatic rings. The number of rotatable bonds is 0. The lowest BCUT2D eigenvalue weighted by Gasteiger charge is -2.14. The van der Waals surface area contributed by atoms with E-state index >= 15 is 0 Å². The third-order valence-electron chi connectivity index (χ3n) is 1.77. The third kappa shape index (κ3) is 1.18. The summed E-state index contributed by atoms with van der Waals surface area (Å²) in [6.07, 6.45) is 2.06. The molecule has 0 aliphatic carbocycles. The molecule has 0 fully saturated rings. The molecule has 0 N–H and O–H groups in total. The van der Waals surface area contributed by atoms with E-state index < -0.39 is 0 Å². The molecule has 0 amide bonds. The average Bonchev–Trinajstić information content (AvgIpc) is 2.04. The Balaban J connectivity index is 2.43. The van der Waals surface area contributed by atoms with Gasteiger partial charge in [0, 0.05) is 6.07 Å². The van der Waals surface area contributed by atoms with Gasteiger partial charge in [-0.25, -0.2) is 0 Å². The van der Waals surface area contributed by atoms with Crippen LogP contribution in [0.15, 0.2) is 6.07 Å². The summed E-state index contributed by atoms with van der Waals surface area (Å²) in [5, 5.41) is 8.01.